The molecule has 3 nitrogen and oxygen atoms in total. The summed E-state index contributed by atoms with van der Waals surface area (Å²) in [6, 6.07) is 18.6. The number of nitrogens with zero attached hydrogens (tertiary/aromatic N) is 2. The van der Waals surface area contributed by atoms with Gasteiger partial charge in [0.1, 0.15) is 0 Å². The third-order valence-corrected chi connectivity index (χ3v) is 3.69. The molecule has 0 radical (unpaired) electrons. The van der Waals surface area contributed by atoms with Crippen LogP contribution < -0.4 is 5.73 Å². The molecular formula is C18H19N3. The van der Waals surface area contributed by atoms with Gasteiger partial charge in [-0.05, 0) is 36.7 Å². The van der Waals surface area contributed by atoms with Crippen molar-refractivity contribution in [2.45, 2.75) is 13.3 Å². The van der Waals surface area contributed by atoms with E-state index in [4.69, 9.17) is 5.73 Å². The first-order valence-corrected chi connectivity index (χ1v) is 7.19. The zero-order valence-electron chi connectivity index (χ0n) is 12.2. The summed E-state index contributed by atoms with van der Waals surface area (Å²) in [4.78, 5) is 0. The van der Waals surface area contributed by atoms with Crippen molar-refractivity contribution in [1.29, 1.82) is 0 Å². The Hall–Kier alpha value is -2.39. The average Bonchev–Trinajstić information content (AvgIpc) is 2.93. The first kappa shape index (κ1) is 13.6. The monoisotopic (exact) mass is 277 g/mol. The van der Waals surface area contributed by atoms with E-state index in [0.717, 1.165) is 17.8 Å². The van der Waals surface area contributed by atoms with E-state index in [9.17, 15) is 0 Å². The highest BCUT2D eigenvalue weighted by atomic mass is 15.3. The number of nitrogens with two attached hydrogens (primary N) is 1. The molecule has 0 saturated heterocycles. The van der Waals surface area contributed by atoms with Crippen LogP contribution in [0.2, 0.25) is 0 Å². The van der Waals surface area contributed by atoms with Crippen molar-refractivity contribution >= 4 is 0 Å². The lowest BCUT2D eigenvalue weighted by molar-refractivity contribution is 0.792. The molecule has 0 aliphatic heterocycles. The van der Waals surface area contributed by atoms with Crippen LogP contribution in [0, 0.1) is 6.92 Å². The summed E-state index contributed by atoms with van der Waals surface area (Å²) >= 11 is 0. The van der Waals surface area contributed by atoms with Gasteiger partial charge < -0.3 is 5.73 Å². The molecule has 3 rings (SSSR count). The number of benzene rings is 2. The molecule has 1 heterocycles. The maximum Gasteiger partial charge on any atom is 0.0649 e. The van der Waals surface area contributed by atoms with Crippen LogP contribution in [0.4, 0.5) is 0 Å². The van der Waals surface area contributed by atoms with Gasteiger partial charge in [-0.1, -0.05) is 42.5 Å². The van der Waals surface area contributed by atoms with Crippen LogP contribution in [0.3, 0.4) is 0 Å². The third kappa shape index (κ3) is 2.60. The Morgan fingerprint density at radius 1 is 0.952 bits per heavy atom. The van der Waals surface area contributed by atoms with Crippen molar-refractivity contribution in [3.05, 3.63) is 72.1 Å². The smallest absolute Gasteiger partial charge is 0.0649 e. The van der Waals surface area contributed by atoms with Gasteiger partial charge in [0, 0.05) is 12.0 Å². The van der Waals surface area contributed by atoms with Gasteiger partial charge >= 0.3 is 0 Å². The highest BCUT2D eigenvalue weighted by Gasteiger charge is 2.14. The summed E-state index contributed by atoms with van der Waals surface area (Å²) in [5.41, 5.74) is 11.7. The molecule has 106 valence electrons. The molecule has 1 aromatic heterocycles. The molecule has 2 aromatic carbocycles. The van der Waals surface area contributed by atoms with Crippen LogP contribution in [-0.2, 0) is 6.42 Å². The first-order valence-electron chi connectivity index (χ1n) is 7.19. The Morgan fingerprint density at radius 3 is 2.38 bits per heavy atom. The second-order valence-corrected chi connectivity index (χ2v) is 5.11. The van der Waals surface area contributed by atoms with E-state index in [0.29, 0.717) is 6.54 Å². The number of hydrogen-bond donors (Lipinski definition) is 1. The van der Waals surface area contributed by atoms with E-state index in [1.54, 1.807) is 0 Å². The van der Waals surface area contributed by atoms with E-state index in [1.807, 2.05) is 29.1 Å². The largest absolute Gasteiger partial charge is 0.330 e. The van der Waals surface area contributed by atoms with Gasteiger partial charge in [-0.2, -0.15) is 5.10 Å². The molecular weight excluding hydrogens is 258 g/mol. The molecule has 0 fully saturated rings. The summed E-state index contributed by atoms with van der Waals surface area (Å²) in [7, 11) is 0. The first-order chi connectivity index (χ1) is 10.3. The second-order valence-electron chi connectivity index (χ2n) is 5.11. The number of rotatable bonds is 4. The Morgan fingerprint density at radius 2 is 1.67 bits per heavy atom. The Bertz CT molecular complexity index is 729. The van der Waals surface area contributed by atoms with Crippen LogP contribution in [-0.4, -0.2) is 16.3 Å². The summed E-state index contributed by atoms with van der Waals surface area (Å²) in [5.74, 6) is 0. The number of para-hydroxylation sites is 1. The number of hydrogen-bond acceptors (Lipinski definition) is 2. The van der Waals surface area contributed by atoms with Crippen LogP contribution in [0.15, 0.2) is 60.8 Å². The quantitative estimate of drug-likeness (QED) is 0.794. The minimum Gasteiger partial charge on any atom is -0.330 e. The molecule has 0 spiro atoms. The summed E-state index contributed by atoms with van der Waals surface area (Å²) in [5, 5.41) is 4.58. The number of aryl methyl sites for hydroxylation is 1. The molecule has 3 aromatic rings. The van der Waals surface area contributed by atoms with Crippen LogP contribution in [0.25, 0.3) is 16.8 Å². The Balaban J connectivity index is 2.15. The summed E-state index contributed by atoms with van der Waals surface area (Å²) in [6.07, 6.45) is 2.75. The van der Waals surface area contributed by atoms with E-state index >= 15 is 0 Å². The normalized spacial score (nSPS) is 10.8. The summed E-state index contributed by atoms with van der Waals surface area (Å²) < 4.78 is 1.99. The van der Waals surface area contributed by atoms with Crippen molar-refractivity contribution in [3.8, 4) is 16.8 Å². The fraction of sp³-hybridized carbons (Fsp3) is 0.167. The van der Waals surface area contributed by atoms with Gasteiger partial charge in [0.25, 0.3) is 0 Å². The molecule has 0 atom stereocenters. The SMILES string of the molecule is Cc1ccccc1-c1cnn(-c2ccccc2)c1CCN. The minimum absolute atomic E-state index is 0.609. The second kappa shape index (κ2) is 5.94. The Kier molecular flexibility index (Phi) is 3.84. The molecule has 0 aliphatic carbocycles. The van der Waals surface area contributed by atoms with Crippen molar-refractivity contribution in [2.75, 3.05) is 6.54 Å². The van der Waals surface area contributed by atoms with Crippen LogP contribution in [0.1, 0.15) is 11.3 Å². The van der Waals surface area contributed by atoms with Crippen molar-refractivity contribution in [2.24, 2.45) is 5.73 Å². The van der Waals surface area contributed by atoms with E-state index in [-0.39, 0.29) is 0 Å². The summed E-state index contributed by atoms with van der Waals surface area (Å²) in [6.45, 7) is 2.73. The molecule has 0 bridgehead atoms. The highest BCUT2D eigenvalue weighted by molar-refractivity contribution is 5.69. The van der Waals surface area contributed by atoms with Crippen LogP contribution in [0.5, 0.6) is 0 Å². The lowest BCUT2D eigenvalue weighted by Gasteiger charge is -2.10. The lowest BCUT2D eigenvalue weighted by atomic mass is 10.00. The van der Waals surface area contributed by atoms with Gasteiger partial charge in [-0.15, -0.1) is 0 Å². The molecule has 0 amide bonds. The zero-order chi connectivity index (χ0) is 14.7. The lowest BCUT2D eigenvalue weighted by Crippen LogP contribution is -2.09. The van der Waals surface area contributed by atoms with Gasteiger partial charge in [0.2, 0.25) is 0 Å². The van der Waals surface area contributed by atoms with Gasteiger partial charge in [0.15, 0.2) is 0 Å². The standard InChI is InChI=1S/C18H19N3/c1-14-7-5-6-10-16(14)17-13-20-21(18(17)11-12-19)15-8-3-2-4-9-15/h2-10,13H,11-12,19H2,1H3. The molecule has 21 heavy (non-hydrogen) atoms. The fourth-order valence-electron chi connectivity index (χ4n) is 2.64. The highest BCUT2D eigenvalue weighted by Crippen LogP contribution is 2.28. The topological polar surface area (TPSA) is 43.8 Å². The van der Waals surface area contributed by atoms with Gasteiger partial charge in [0.05, 0.1) is 17.6 Å². The van der Waals surface area contributed by atoms with Gasteiger partial charge in [-0.25, -0.2) is 4.68 Å². The third-order valence-electron chi connectivity index (χ3n) is 3.69. The Labute approximate surface area is 125 Å². The molecule has 0 saturated carbocycles. The maximum absolute atomic E-state index is 5.81. The van der Waals surface area contributed by atoms with E-state index < -0.39 is 0 Å². The van der Waals surface area contributed by atoms with Crippen molar-refractivity contribution in [3.63, 3.8) is 0 Å². The van der Waals surface area contributed by atoms with Crippen molar-refractivity contribution in [1.82, 2.24) is 9.78 Å². The van der Waals surface area contributed by atoms with Crippen molar-refractivity contribution < 1.29 is 0 Å². The molecule has 2 N–H and O–H groups in total. The predicted molar refractivity (Wildman–Crippen MR) is 86.5 cm³/mol. The molecule has 3 heteroatoms. The van der Waals surface area contributed by atoms with E-state index in [2.05, 4.69) is 48.4 Å². The van der Waals surface area contributed by atoms with Crippen LogP contribution >= 0.6 is 0 Å². The number of aromatic nitrogens is 2. The fourth-order valence-corrected chi connectivity index (χ4v) is 2.64. The maximum atomic E-state index is 5.81. The predicted octanol–water partition coefficient (Wildman–Crippen LogP) is 3.35. The zero-order valence-corrected chi connectivity index (χ0v) is 12.2. The van der Waals surface area contributed by atoms with Gasteiger partial charge in [-0.3, -0.25) is 0 Å². The molecule has 0 aliphatic rings. The molecule has 0 unspecified atom stereocenters. The average molecular weight is 277 g/mol. The minimum atomic E-state index is 0.609. The van der Waals surface area contributed by atoms with E-state index in [1.165, 1.54) is 16.7 Å².